The molecular formula is C47H80O15. The smallest absolute Gasteiger partial charge is 0.306 e. The molecule has 2 aliphatic rings. The van der Waals surface area contributed by atoms with Crippen LogP contribution in [0.25, 0.3) is 0 Å². The van der Waals surface area contributed by atoms with E-state index in [1.54, 1.807) is 0 Å². The summed E-state index contributed by atoms with van der Waals surface area (Å²) in [7, 11) is 0. The Balaban J connectivity index is 1.86. The van der Waals surface area contributed by atoms with Gasteiger partial charge in [-0.05, 0) is 51.4 Å². The molecule has 62 heavy (non-hydrogen) atoms. The molecule has 4 unspecified atom stereocenters. The maximum atomic E-state index is 12.9. The Morgan fingerprint density at radius 3 is 1.56 bits per heavy atom. The molecule has 2 saturated heterocycles. The standard InChI is InChI=1S/C47H80O15/c1-3-5-7-9-11-13-14-15-16-17-18-19-20-22-23-25-27-29-38(49)57-32-35(60-39(50)30-28-26-24-21-12-10-8-6-4-2)33-58-46-45(56)43(54)41(52)37(62-46)34-59-47-44(55)42(53)40(51)36(31-48)61-47/h11,13,15-16,18-19,22-23,35-37,40-48,51-56H,3-10,12,14,17,20-21,24-34H2,1-2H3/b13-11+,16-15+,19-18+,23-22+/t35-,36+,37+,40-,41-,42?,43?,44?,45?,46+,47+/m0/s1. The van der Waals surface area contributed by atoms with E-state index in [1.165, 1.54) is 51.4 Å². The minimum Gasteiger partial charge on any atom is -0.462 e. The number of aliphatic hydroxyl groups is 7. The molecule has 0 amide bonds. The van der Waals surface area contributed by atoms with Gasteiger partial charge in [0.1, 0.15) is 55.4 Å². The average molecular weight is 885 g/mol. The van der Waals surface area contributed by atoms with E-state index in [1.807, 2.05) is 6.08 Å². The van der Waals surface area contributed by atoms with Crippen molar-refractivity contribution in [2.75, 3.05) is 26.4 Å². The van der Waals surface area contributed by atoms with Crippen LogP contribution in [0.5, 0.6) is 0 Å². The molecule has 0 aromatic heterocycles. The Bertz CT molecular complexity index is 1270. The van der Waals surface area contributed by atoms with E-state index in [0.717, 1.165) is 44.9 Å². The molecule has 11 atom stereocenters. The van der Waals surface area contributed by atoms with Crippen molar-refractivity contribution in [2.45, 2.75) is 210 Å². The molecule has 0 aliphatic carbocycles. The van der Waals surface area contributed by atoms with Crippen molar-refractivity contribution < 1.29 is 73.8 Å². The molecule has 0 radical (unpaired) electrons. The lowest BCUT2D eigenvalue weighted by Gasteiger charge is -2.42. The number of hydrogen-bond acceptors (Lipinski definition) is 15. The van der Waals surface area contributed by atoms with Gasteiger partial charge in [0.25, 0.3) is 0 Å². The Morgan fingerprint density at radius 2 is 0.984 bits per heavy atom. The molecule has 0 aromatic rings. The number of ether oxygens (including phenoxy) is 6. The van der Waals surface area contributed by atoms with Crippen molar-refractivity contribution in [3.05, 3.63) is 48.6 Å². The van der Waals surface area contributed by atoms with E-state index in [0.29, 0.717) is 19.3 Å². The third-order valence-electron chi connectivity index (χ3n) is 10.8. The molecule has 2 aliphatic heterocycles. The zero-order chi connectivity index (χ0) is 45.4. The van der Waals surface area contributed by atoms with Crippen molar-refractivity contribution >= 4 is 11.9 Å². The molecular weight excluding hydrogens is 805 g/mol. The minimum absolute atomic E-state index is 0.142. The molecule has 2 heterocycles. The van der Waals surface area contributed by atoms with Crippen LogP contribution in [0.4, 0.5) is 0 Å². The largest absolute Gasteiger partial charge is 0.462 e. The Kier molecular flexibility index (Phi) is 31.2. The second kappa shape index (κ2) is 34.8. The number of aliphatic hydroxyl groups excluding tert-OH is 7. The number of unbranched alkanes of at least 4 members (excludes halogenated alkanes) is 12. The molecule has 0 aromatic carbocycles. The van der Waals surface area contributed by atoms with Crippen LogP contribution in [0.3, 0.4) is 0 Å². The highest BCUT2D eigenvalue weighted by Gasteiger charge is 2.47. The van der Waals surface area contributed by atoms with Crippen molar-refractivity contribution in [3.63, 3.8) is 0 Å². The van der Waals surface area contributed by atoms with Gasteiger partial charge in [-0.25, -0.2) is 0 Å². The molecule has 0 bridgehead atoms. The van der Waals surface area contributed by atoms with E-state index < -0.39 is 99.3 Å². The first-order valence-corrected chi connectivity index (χ1v) is 23.2. The van der Waals surface area contributed by atoms with Gasteiger partial charge in [0.15, 0.2) is 18.7 Å². The van der Waals surface area contributed by atoms with Crippen LogP contribution in [0.15, 0.2) is 48.6 Å². The normalized spacial score (nSPS) is 27.5. The number of rotatable bonds is 34. The zero-order valence-corrected chi connectivity index (χ0v) is 37.3. The fourth-order valence-electron chi connectivity index (χ4n) is 6.91. The van der Waals surface area contributed by atoms with Gasteiger partial charge in [-0.3, -0.25) is 9.59 Å². The predicted molar refractivity (Wildman–Crippen MR) is 233 cm³/mol. The van der Waals surface area contributed by atoms with E-state index in [9.17, 15) is 45.3 Å². The Labute approximate surface area is 369 Å². The molecule has 358 valence electrons. The highest BCUT2D eigenvalue weighted by atomic mass is 16.7. The molecule has 0 saturated carbocycles. The molecule has 0 spiro atoms. The maximum absolute atomic E-state index is 12.9. The highest BCUT2D eigenvalue weighted by Crippen LogP contribution is 2.26. The van der Waals surface area contributed by atoms with Gasteiger partial charge in [-0.1, -0.05) is 127 Å². The number of esters is 2. The van der Waals surface area contributed by atoms with Crippen molar-refractivity contribution in [3.8, 4) is 0 Å². The first kappa shape index (κ1) is 55.6. The first-order chi connectivity index (χ1) is 30.0. The number of hydrogen-bond donors (Lipinski definition) is 7. The SMILES string of the molecule is CCCCC/C=C/C/C=C/C/C=C/C/C=C/CCCC(=O)OC[C@@H](CO[C@@H]1O[C@H](CO[C@@H]2O[C@H](CO)[C@H](O)C(O)C2O)[C@H](O)C(O)C1O)OC(=O)CCCCCCCCCCC. The summed E-state index contributed by atoms with van der Waals surface area (Å²) in [6, 6.07) is 0. The van der Waals surface area contributed by atoms with Crippen LogP contribution in [-0.4, -0.2) is 142 Å². The van der Waals surface area contributed by atoms with Crippen molar-refractivity contribution in [2.24, 2.45) is 0 Å². The predicted octanol–water partition coefficient (Wildman–Crippen LogP) is 5.15. The van der Waals surface area contributed by atoms with E-state index in [4.69, 9.17) is 28.4 Å². The van der Waals surface area contributed by atoms with Gasteiger partial charge in [0, 0.05) is 12.8 Å². The summed E-state index contributed by atoms with van der Waals surface area (Å²) in [5, 5.41) is 71.8. The third kappa shape index (κ3) is 23.4. The second-order valence-corrected chi connectivity index (χ2v) is 16.2. The topological polar surface area (TPSA) is 231 Å². The van der Waals surface area contributed by atoms with Crippen molar-refractivity contribution in [1.82, 2.24) is 0 Å². The molecule has 2 fully saturated rings. The van der Waals surface area contributed by atoms with Crippen LogP contribution in [0.2, 0.25) is 0 Å². The molecule has 15 heteroatoms. The third-order valence-corrected chi connectivity index (χ3v) is 10.8. The quantitative estimate of drug-likeness (QED) is 0.0252. The van der Waals surface area contributed by atoms with Gasteiger partial charge >= 0.3 is 11.9 Å². The fraction of sp³-hybridized carbons (Fsp3) is 0.787. The monoisotopic (exact) mass is 885 g/mol. The van der Waals surface area contributed by atoms with Crippen LogP contribution in [-0.2, 0) is 38.0 Å². The molecule has 7 N–H and O–H groups in total. The summed E-state index contributed by atoms with van der Waals surface area (Å²) in [6.07, 6.45) is 18.9. The molecule has 2 rings (SSSR count). The number of carbonyl (C=O) groups is 2. The minimum atomic E-state index is -1.77. The van der Waals surface area contributed by atoms with Crippen molar-refractivity contribution in [1.29, 1.82) is 0 Å². The Morgan fingerprint density at radius 1 is 0.516 bits per heavy atom. The van der Waals surface area contributed by atoms with E-state index >= 15 is 0 Å². The summed E-state index contributed by atoms with van der Waals surface area (Å²) in [5.41, 5.74) is 0. The van der Waals surface area contributed by atoms with Crippen LogP contribution in [0, 0.1) is 0 Å². The zero-order valence-electron chi connectivity index (χ0n) is 37.3. The fourth-order valence-corrected chi connectivity index (χ4v) is 6.91. The first-order valence-electron chi connectivity index (χ1n) is 23.2. The maximum Gasteiger partial charge on any atom is 0.306 e. The lowest BCUT2D eigenvalue weighted by atomic mass is 9.98. The van der Waals surface area contributed by atoms with Crippen LogP contribution >= 0.6 is 0 Å². The summed E-state index contributed by atoms with van der Waals surface area (Å²) in [4.78, 5) is 25.5. The lowest BCUT2D eigenvalue weighted by Crippen LogP contribution is -2.61. The number of carbonyl (C=O) groups excluding carboxylic acids is 2. The highest BCUT2D eigenvalue weighted by molar-refractivity contribution is 5.70. The second-order valence-electron chi connectivity index (χ2n) is 16.2. The average Bonchev–Trinajstić information content (AvgIpc) is 3.26. The van der Waals surface area contributed by atoms with E-state index in [2.05, 4.69) is 56.4 Å². The van der Waals surface area contributed by atoms with Crippen LogP contribution < -0.4 is 0 Å². The molecule has 15 nitrogen and oxygen atoms in total. The van der Waals surface area contributed by atoms with Crippen LogP contribution in [0.1, 0.15) is 142 Å². The Hall–Kier alpha value is -2.54. The summed E-state index contributed by atoms with van der Waals surface area (Å²) in [5.74, 6) is -0.997. The number of allylic oxidation sites excluding steroid dienone is 8. The van der Waals surface area contributed by atoms with Gasteiger partial charge in [0.2, 0.25) is 0 Å². The van der Waals surface area contributed by atoms with Gasteiger partial charge in [-0.15, -0.1) is 0 Å². The summed E-state index contributed by atoms with van der Waals surface area (Å²) >= 11 is 0. The van der Waals surface area contributed by atoms with E-state index in [-0.39, 0.29) is 19.4 Å². The van der Waals surface area contributed by atoms with Gasteiger partial charge in [-0.2, -0.15) is 0 Å². The summed E-state index contributed by atoms with van der Waals surface area (Å²) in [6.45, 7) is 2.45. The van der Waals surface area contributed by atoms with Gasteiger partial charge in [0.05, 0.1) is 19.8 Å². The summed E-state index contributed by atoms with van der Waals surface area (Å²) < 4.78 is 33.3. The lowest BCUT2D eigenvalue weighted by molar-refractivity contribution is -0.332. The van der Waals surface area contributed by atoms with Gasteiger partial charge < -0.3 is 64.2 Å².